The first-order chi connectivity index (χ1) is 9.75. The monoisotopic (exact) mass is 273 g/mol. The van der Waals surface area contributed by atoms with Gasteiger partial charge in [-0.25, -0.2) is 15.3 Å². The van der Waals surface area contributed by atoms with E-state index in [9.17, 15) is 9.59 Å². The fraction of sp³-hybridized carbons (Fsp3) is 0.467. The van der Waals surface area contributed by atoms with Gasteiger partial charge in [0.05, 0.1) is 12.1 Å². The van der Waals surface area contributed by atoms with Crippen molar-refractivity contribution in [2.75, 3.05) is 18.0 Å². The Balaban J connectivity index is 1.70. The highest BCUT2D eigenvalue weighted by Crippen LogP contribution is 2.22. The van der Waals surface area contributed by atoms with E-state index >= 15 is 0 Å². The number of carbonyl (C=O) groups is 2. The molecule has 1 atom stereocenters. The lowest BCUT2D eigenvalue weighted by atomic mass is 10.1. The molecule has 0 radical (unpaired) electrons. The smallest absolute Gasteiger partial charge is 0.252 e. The third-order valence-electron chi connectivity index (χ3n) is 3.86. The summed E-state index contributed by atoms with van der Waals surface area (Å²) in [6.07, 6.45) is 3.77. The molecule has 1 aromatic rings. The Hall–Kier alpha value is -1.72. The largest absolute Gasteiger partial charge is 0.274 e. The lowest BCUT2D eigenvalue weighted by Gasteiger charge is -2.29. The molecular weight excluding hydrogens is 254 g/mol. The van der Waals surface area contributed by atoms with Gasteiger partial charge in [0.15, 0.2) is 0 Å². The number of anilines is 1. The molecular formula is C15H19N3O2. The van der Waals surface area contributed by atoms with Crippen molar-refractivity contribution in [2.45, 2.75) is 31.7 Å². The number of nitrogens with zero attached hydrogens (tertiary/aromatic N) is 2. The number of hydrogen-bond donors (Lipinski definition) is 1. The first-order valence-electron chi connectivity index (χ1n) is 7.18. The highest BCUT2D eigenvalue weighted by Gasteiger charge is 2.40. The number of carbonyl (C=O) groups excluding carboxylic acids is 2. The van der Waals surface area contributed by atoms with E-state index in [4.69, 9.17) is 0 Å². The van der Waals surface area contributed by atoms with Crippen LogP contribution in [0, 0.1) is 0 Å². The van der Waals surface area contributed by atoms with Crippen LogP contribution in [0.5, 0.6) is 0 Å². The molecule has 2 heterocycles. The van der Waals surface area contributed by atoms with Gasteiger partial charge in [-0.05, 0) is 25.0 Å². The Morgan fingerprint density at radius 1 is 1.00 bits per heavy atom. The van der Waals surface area contributed by atoms with Crippen molar-refractivity contribution in [1.29, 1.82) is 0 Å². The third kappa shape index (κ3) is 2.59. The van der Waals surface area contributed by atoms with Crippen molar-refractivity contribution in [3.8, 4) is 0 Å². The zero-order valence-corrected chi connectivity index (χ0v) is 11.4. The molecule has 0 unspecified atom stereocenters. The highest BCUT2D eigenvalue weighted by atomic mass is 16.2. The Morgan fingerprint density at radius 3 is 2.40 bits per heavy atom. The summed E-state index contributed by atoms with van der Waals surface area (Å²) in [5.74, 6) is -0.275. The van der Waals surface area contributed by atoms with Crippen LogP contribution in [0.25, 0.3) is 0 Å². The normalized spacial score (nSPS) is 24.4. The molecule has 5 heteroatoms. The summed E-state index contributed by atoms with van der Waals surface area (Å²) >= 11 is 0. The second-order valence-electron chi connectivity index (χ2n) is 5.34. The van der Waals surface area contributed by atoms with Gasteiger partial charge in [-0.1, -0.05) is 24.6 Å². The Labute approximate surface area is 118 Å². The van der Waals surface area contributed by atoms with Crippen LogP contribution in [0.1, 0.15) is 25.7 Å². The first-order valence-corrected chi connectivity index (χ1v) is 7.18. The summed E-state index contributed by atoms with van der Waals surface area (Å²) in [5.41, 5.74) is 3.88. The van der Waals surface area contributed by atoms with Crippen molar-refractivity contribution in [3.05, 3.63) is 30.3 Å². The van der Waals surface area contributed by atoms with Crippen molar-refractivity contribution in [2.24, 2.45) is 0 Å². The standard InChI is InChI=1S/C15H19N3O2/c19-14-11-13(16-17-9-5-2-6-10-17)15(20)18(14)12-7-3-1-4-8-12/h1,3-4,7-8,13,16H,2,5-6,9-11H2/t13-/m1/s1. The van der Waals surface area contributed by atoms with Gasteiger partial charge in [-0.2, -0.15) is 0 Å². The molecule has 0 spiro atoms. The molecule has 2 saturated heterocycles. The highest BCUT2D eigenvalue weighted by molar-refractivity contribution is 6.22. The number of hydrazine groups is 1. The number of para-hydroxylation sites is 1. The number of rotatable bonds is 3. The minimum atomic E-state index is -0.416. The Bertz CT molecular complexity index is 497. The van der Waals surface area contributed by atoms with E-state index in [1.165, 1.54) is 11.3 Å². The van der Waals surface area contributed by atoms with Crippen LogP contribution in [0.4, 0.5) is 5.69 Å². The molecule has 0 saturated carbocycles. The van der Waals surface area contributed by atoms with Gasteiger partial charge in [-0.3, -0.25) is 9.59 Å². The quantitative estimate of drug-likeness (QED) is 0.844. The summed E-state index contributed by atoms with van der Waals surface area (Å²) in [4.78, 5) is 25.8. The predicted molar refractivity (Wildman–Crippen MR) is 75.9 cm³/mol. The van der Waals surface area contributed by atoms with E-state index in [1.807, 2.05) is 18.2 Å². The number of hydrogen-bond acceptors (Lipinski definition) is 4. The average molecular weight is 273 g/mol. The lowest BCUT2D eigenvalue weighted by Crippen LogP contribution is -2.50. The Kier molecular flexibility index (Phi) is 3.80. The fourth-order valence-corrected chi connectivity index (χ4v) is 2.82. The van der Waals surface area contributed by atoms with Crippen molar-refractivity contribution < 1.29 is 9.59 Å². The van der Waals surface area contributed by atoms with Crippen LogP contribution in [-0.4, -0.2) is 36.0 Å². The maximum absolute atomic E-state index is 12.4. The van der Waals surface area contributed by atoms with Gasteiger partial charge in [0.1, 0.15) is 6.04 Å². The molecule has 2 amide bonds. The van der Waals surface area contributed by atoms with Crippen LogP contribution in [0.2, 0.25) is 0 Å². The molecule has 106 valence electrons. The van der Waals surface area contributed by atoms with Crippen LogP contribution >= 0.6 is 0 Å². The van der Waals surface area contributed by atoms with E-state index in [2.05, 4.69) is 10.4 Å². The molecule has 0 aliphatic carbocycles. The second-order valence-corrected chi connectivity index (χ2v) is 5.34. The summed E-state index contributed by atoms with van der Waals surface area (Å²) in [6.45, 7) is 1.90. The van der Waals surface area contributed by atoms with E-state index in [1.54, 1.807) is 12.1 Å². The molecule has 2 aliphatic heterocycles. The van der Waals surface area contributed by atoms with Gasteiger partial charge in [0.25, 0.3) is 5.91 Å². The number of imide groups is 1. The minimum Gasteiger partial charge on any atom is -0.274 e. The molecule has 20 heavy (non-hydrogen) atoms. The van der Waals surface area contributed by atoms with Gasteiger partial charge in [0, 0.05) is 13.1 Å². The van der Waals surface area contributed by atoms with Gasteiger partial charge >= 0.3 is 0 Å². The molecule has 2 fully saturated rings. The zero-order valence-electron chi connectivity index (χ0n) is 11.4. The number of nitrogens with one attached hydrogen (secondary N) is 1. The molecule has 0 aromatic heterocycles. The summed E-state index contributed by atoms with van der Waals surface area (Å²) in [5, 5.41) is 2.08. The maximum Gasteiger partial charge on any atom is 0.252 e. The topological polar surface area (TPSA) is 52.7 Å². The van der Waals surface area contributed by atoms with E-state index in [-0.39, 0.29) is 18.2 Å². The van der Waals surface area contributed by atoms with Crippen molar-refractivity contribution in [1.82, 2.24) is 10.4 Å². The van der Waals surface area contributed by atoms with Crippen LogP contribution < -0.4 is 10.3 Å². The first kappa shape index (κ1) is 13.3. The zero-order chi connectivity index (χ0) is 13.9. The van der Waals surface area contributed by atoms with Gasteiger partial charge in [0.2, 0.25) is 5.91 Å². The van der Waals surface area contributed by atoms with Crippen LogP contribution in [0.3, 0.4) is 0 Å². The minimum absolute atomic E-state index is 0.129. The summed E-state index contributed by atoms with van der Waals surface area (Å²) in [6, 6.07) is 8.71. The molecule has 2 aliphatic rings. The maximum atomic E-state index is 12.4. The lowest BCUT2D eigenvalue weighted by molar-refractivity contribution is -0.122. The van der Waals surface area contributed by atoms with Crippen LogP contribution in [-0.2, 0) is 9.59 Å². The summed E-state index contributed by atoms with van der Waals surface area (Å²) in [7, 11) is 0. The number of piperidine rings is 1. The van der Waals surface area contributed by atoms with E-state index in [0.717, 1.165) is 25.9 Å². The van der Waals surface area contributed by atoms with Crippen LogP contribution in [0.15, 0.2) is 30.3 Å². The molecule has 1 aromatic carbocycles. The van der Waals surface area contributed by atoms with E-state index < -0.39 is 6.04 Å². The number of benzene rings is 1. The summed E-state index contributed by atoms with van der Waals surface area (Å²) < 4.78 is 0. The average Bonchev–Trinajstić information content (AvgIpc) is 2.75. The fourth-order valence-electron chi connectivity index (χ4n) is 2.82. The molecule has 3 rings (SSSR count). The Morgan fingerprint density at radius 2 is 1.70 bits per heavy atom. The molecule has 5 nitrogen and oxygen atoms in total. The van der Waals surface area contributed by atoms with Crippen molar-refractivity contribution in [3.63, 3.8) is 0 Å². The second kappa shape index (κ2) is 5.73. The SMILES string of the molecule is O=C1C[C@@H](NN2CCCCC2)C(=O)N1c1ccccc1. The molecule has 0 bridgehead atoms. The van der Waals surface area contributed by atoms with Crippen molar-refractivity contribution >= 4 is 17.5 Å². The van der Waals surface area contributed by atoms with Gasteiger partial charge in [-0.15, -0.1) is 0 Å². The van der Waals surface area contributed by atoms with E-state index in [0.29, 0.717) is 5.69 Å². The number of amides is 2. The third-order valence-corrected chi connectivity index (χ3v) is 3.86. The van der Waals surface area contributed by atoms with Gasteiger partial charge < -0.3 is 0 Å². The predicted octanol–water partition coefficient (Wildman–Crippen LogP) is 1.31. The molecule has 1 N–H and O–H groups in total.